The molecule has 23 heavy (non-hydrogen) atoms. The van der Waals surface area contributed by atoms with Crippen LogP contribution < -0.4 is 10.2 Å². The van der Waals surface area contributed by atoms with Gasteiger partial charge >= 0.3 is 5.97 Å². The first-order valence-corrected chi connectivity index (χ1v) is 7.88. The molecule has 0 radical (unpaired) electrons. The van der Waals surface area contributed by atoms with Crippen LogP contribution in [0.5, 0.6) is 0 Å². The zero-order chi connectivity index (χ0) is 16.7. The molecular weight excluding hydrogens is 294 g/mol. The lowest BCUT2D eigenvalue weighted by Crippen LogP contribution is -2.45. The second-order valence-electron chi connectivity index (χ2n) is 6.03. The number of aliphatic carboxylic acids is 1. The number of nitrogens with one attached hydrogen (secondary N) is 1. The van der Waals surface area contributed by atoms with Crippen LogP contribution in [0.4, 0.5) is 5.69 Å². The van der Waals surface area contributed by atoms with E-state index in [-0.39, 0.29) is 6.42 Å². The van der Waals surface area contributed by atoms with Crippen molar-refractivity contribution in [1.29, 1.82) is 5.26 Å². The van der Waals surface area contributed by atoms with E-state index >= 15 is 0 Å². The Morgan fingerprint density at radius 1 is 1.30 bits per heavy atom. The molecule has 0 bridgehead atoms. The molecule has 1 aliphatic rings. The number of rotatable bonds is 7. The Kier molecular flexibility index (Phi) is 5.97. The largest absolute Gasteiger partial charge is 0.481 e. The van der Waals surface area contributed by atoms with Crippen LogP contribution in [0.3, 0.4) is 0 Å². The Balaban J connectivity index is 1.84. The van der Waals surface area contributed by atoms with Crippen LogP contribution in [0.2, 0.25) is 0 Å². The first kappa shape index (κ1) is 17.3. The Labute approximate surface area is 136 Å². The summed E-state index contributed by atoms with van der Waals surface area (Å²) in [5.74, 6) is -0.950. The third-order valence-corrected chi connectivity index (χ3v) is 4.22. The molecule has 1 fully saturated rings. The van der Waals surface area contributed by atoms with Crippen molar-refractivity contribution >= 4 is 11.7 Å². The molecule has 2 rings (SSSR count). The van der Waals surface area contributed by atoms with Gasteiger partial charge in [-0.15, -0.1) is 0 Å². The minimum atomic E-state index is -1.08. The van der Waals surface area contributed by atoms with E-state index < -0.39 is 11.6 Å². The van der Waals surface area contributed by atoms with Crippen molar-refractivity contribution in [2.24, 2.45) is 0 Å². The highest BCUT2D eigenvalue weighted by Gasteiger charge is 2.34. The van der Waals surface area contributed by atoms with Gasteiger partial charge in [-0.3, -0.25) is 4.79 Å². The molecule has 1 aliphatic heterocycles. The van der Waals surface area contributed by atoms with E-state index in [1.54, 1.807) is 0 Å². The third kappa shape index (κ3) is 5.23. The lowest BCUT2D eigenvalue weighted by Gasteiger charge is -2.38. The number of carbonyl (C=O) groups is 1. The summed E-state index contributed by atoms with van der Waals surface area (Å²) in [6.45, 7) is 2.74. The quantitative estimate of drug-likeness (QED) is 0.659. The lowest BCUT2D eigenvalue weighted by atomic mass is 9.88. The van der Waals surface area contributed by atoms with Crippen LogP contribution in [0.25, 0.3) is 0 Å². The lowest BCUT2D eigenvalue weighted by molar-refractivity contribution is -0.143. The summed E-state index contributed by atoms with van der Waals surface area (Å²) in [7, 11) is 0. The Bertz CT molecular complexity index is 557. The zero-order valence-electron chi connectivity index (χ0n) is 13.2. The predicted molar refractivity (Wildman–Crippen MR) is 87.0 cm³/mol. The van der Waals surface area contributed by atoms with Gasteiger partial charge < -0.3 is 20.4 Å². The van der Waals surface area contributed by atoms with Crippen molar-refractivity contribution < 1.29 is 15.0 Å². The molecule has 6 heteroatoms. The molecule has 0 aromatic heterocycles. The molecule has 0 aliphatic carbocycles. The van der Waals surface area contributed by atoms with Gasteiger partial charge in [-0.05, 0) is 30.5 Å². The number of anilines is 1. The fourth-order valence-electron chi connectivity index (χ4n) is 2.84. The molecule has 0 atom stereocenters. The first-order chi connectivity index (χ1) is 11.0. The Morgan fingerprint density at radius 3 is 2.52 bits per heavy atom. The van der Waals surface area contributed by atoms with Gasteiger partial charge in [-0.2, -0.15) is 5.26 Å². The highest BCUT2D eigenvalue weighted by Crippen LogP contribution is 2.28. The van der Waals surface area contributed by atoms with Gasteiger partial charge in [0.15, 0.2) is 0 Å². The number of carboxylic acid groups (broad SMARTS) is 1. The Hall–Kier alpha value is -2.10. The van der Waals surface area contributed by atoms with E-state index in [0.29, 0.717) is 38.9 Å². The van der Waals surface area contributed by atoms with Gasteiger partial charge in [0.2, 0.25) is 0 Å². The molecule has 0 saturated carbocycles. The summed E-state index contributed by atoms with van der Waals surface area (Å²) >= 11 is 0. The van der Waals surface area contributed by atoms with Crippen LogP contribution in [0.1, 0.15) is 31.2 Å². The summed E-state index contributed by atoms with van der Waals surface area (Å²) in [5, 5.41) is 30.8. The van der Waals surface area contributed by atoms with E-state index in [1.807, 2.05) is 24.3 Å². The van der Waals surface area contributed by atoms with Gasteiger partial charge in [0, 0.05) is 38.3 Å². The van der Waals surface area contributed by atoms with E-state index in [4.69, 9.17) is 10.4 Å². The van der Waals surface area contributed by atoms with Crippen molar-refractivity contribution in [2.45, 2.75) is 37.8 Å². The number of hydrogen-bond acceptors (Lipinski definition) is 5. The average molecular weight is 317 g/mol. The maximum absolute atomic E-state index is 10.8. The SMILES string of the molecule is N#CCCNCc1ccc(N2CCC(O)(CC(=O)O)CC2)cc1. The maximum atomic E-state index is 10.8. The fourth-order valence-corrected chi connectivity index (χ4v) is 2.84. The van der Waals surface area contributed by atoms with E-state index in [1.165, 1.54) is 0 Å². The number of nitriles is 1. The van der Waals surface area contributed by atoms with Gasteiger partial charge in [0.25, 0.3) is 0 Å². The number of benzene rings is 1. The standard InChI is InChI=1S/C17H23N3O3/c18-8-1-9-19-13-14-2-4-15(5-3-14)20-10-6-17(23,7-11-20)12-16(21)22/h2-5,19,23H,1,6-7,9-13H2,(H,21,22). The molecule has 124 valence electrons. The molecule has 1 saturated heterocycles. The number of hydrogen-bond donors (Lipinski definition) is 3. The van der Waals surface area contributed by atoms with Crippen LogP contribution in [0.15, 0.2) is 24.3 Å². The molecule has 0 unspecified atom stereocenters. The van der Waals surface area contributed by atoms with E-state index in [2.05, 4.69) is 16.3 Å². The number of nitrogens with zero attached hydrogens (tertiary/aromatic N) is 2. The number of carboxylic acids is 1. The predicted octanol–water partition coefficient (Wildman–Crippen LogP) is 1.50. The minimum absolute atomic E-state index is 0.186. The Morgan fingerprint density at radius 2 is 1.96 bits per heavy atom. The fraction of sp³-hybridized carbons (Fsp3) is 0.529. The summed E-state index contributed by atoms with van der Waals surface area (Å²) < 4.78 is 0. The van der Waals surface area contributed by atoms with Crippen LogP contribution in [-0.4, -0.2) is 41.4 Å². The minimum Gasteiger partial charge on any atom is -0.481 e. The topological polar surface area (TPSA) is 96.6 Å². The van der Waals surface area contributed by atoms with Crippen molar-refractivity contribution in [3.05, 3.63) is 29.8 Å². The van der Waals surface area contributed by atoms with Gasteiger partial charge in [-0.25, -0.2) is 0 Å². The molecular formula is C17H23N3O3. The summed E-state index contributed by atoms with van der Waals surface area (Å²) in [6, 6.07) is 10.3. The monoisotopic (exact) mass is 317 g/mol. The van der Waals surface area contributed by atoms with Crippen molar-refractivity contribution in [1.82, 2.24) is 5.32 Å². The first-order valence-electron chi connectivity index (χ1n) is 7.88. The molecule has 1 aromatic carbocycles. The molecule has 3 N–H and O–H groups in total. The molecule has 0 spiro atoms. The normalized spacial score (nSPS) is 16.8. The van der Waals surface area contributed by atoms with Gasteiger partial charge in [-0.1, -0.05) is 12.1 Å². The highest BCUT2D eigenvalue weighted by molar-refractivity contribution is 5.68. The van der Waals surface area contributed by atoms with Crippen LogP contribution >= 0.6 is 0 Å². The van der Waals surface area contributed by atoms with Gasteiger partial charge in [0.1, 0.15) is 0 Å². The smallest absolute Gasteiger partial charge is 0.306 e. The number of aliphatic hydroxyl groups is 1. The zero-order valence-corrected chi connectivity index (χ0v) is 13.2. The van der Waals surface area contributed by atoms with Crippen molar-refractivity contribution in [3.63, 3.8) is 0 Å². The molecule has 1 aromatic rings. The average Bonchev–Trinajstić information content (AvgIpc) is 2.52. The summed E-state index contributed by atoms with van der Waals surface area (Å²) in [4.78, 5) is 13.0. The molecule has 1 heterocycles. The summed E-state index contributed by atoms with van der Waals surface area (Å²) in [6.07, 6.45) is 1.26. The van der Waals surface area contributed by atoms with Crippen LogP contribution in [0, 0.1) is 11.3 Å². The highest BCUT2D eigenvalue weighted by atomic mass is 16.4. The number of piperidine rings is 1. The van der Waals surface area contributed by atoms with Crippen molar-refractivity contribution in [2.75, 3.05) is 24.5 Å². The van der Waals surface area contributed by atoms with E-state index in [0.717, 1.165) is 17.8 Å². The maximum Gasteiger partial charge on any atom is 0.306 e. The van der Waals surface area contributed by atoms with Gasteiger partial charge in [0.05, 0.1) is 18.1 Å². The molecule has 0 amide bonds. The van der Waals surface area contributed by atoms with Crippen LogP contribution in [-0.2, 0) is 11.3 Å². The molecule has 6 nitrogen and oxygen atoms in total. The second-order valence-corrected chi connectivity index (χ2v) is 6.03. The van der Waals surface area contributed by atoms with Crippen molar-refractivity contribution in [3.8, 4) is 6.07 Å². The third-order valence-electron chi connectivity index (χ3n) is 4.22. The second kappa shape index (κ2) is 7.95. The summed E-state index contributed by atoms with van der Waals surface area (Å²) in [5.41, 5.74) is 1.17. The van der Waals surface area contributed by atoms with E-state index in [9.17, 15) is 9.90 Å².